The number of amides is 1. The highest BCUT2D eigenvalue weighted by atomic mass is 16.4. The summed E-state index contributed by atoms with van der Waals surface area (Å²) < 4.78 is 0. The van der Waals surface area contributed by atoms with Crippen molar-refractivity contribution >= 4 is 22.6 Å². The summed E-state index contributed by atoms with van der Waals surface area (Å²) in [6.45, 7) is 3.00. The molecule has 4 heteroatoms. The van der Waals surface area contributed by atoms with Crippen molar-refractivity contribution in [3.05, 3.63) is 48.0 Å². The van der Waals surface area contributed by atoms with E-state index in [2.05, 4.69) is 12.1 Å². The van der Waals surface area contributed by atoms with Crippen molar-refractivity contribution in [2.75, 3.05) is 13.1 Å². The Hall–Kier alpha value is -2.36. The number of carbonyl (C=O) groups excluding carboxylic acids is 1. The molecule has 1 amide bonds. The van der Waals surface area contributed by atoms with Gasteiger partial charge in [-0.2, -0.15) is 0 Å². The van der Waals surface area contributed by atoms with Crippen LogP contribution in [0.5, 0.6) is 0 Å². The number of benzene rings is 2. The first-order valence-electron chi connectivity index (χ1n) is 8.06. The maximum atomic E-state index is 12.7. The Balaban J connectivity index is 1.72. The van der Waals surface area contributed by atoms with E-state index in [1.807, 2.05) is 37.3 Å². The Labute approximate surface area is 135 Å². The summed E-state index contributed by atoms with van der Waals surface area (Å²) in [5.41, 5.74) is 1.01. The Kier molecular flexibility index (Phi) is 4.33. The van der Waals surface area contributed by atoms with Crippen LogP contribution in [0.25, 0.3) is 10.8 Å². The van der Waals surface area contributed by atoms with Gasteiger partial charge in [-0.05, 0) is 36.1 Å². The molecule has 1 aliphatic heterocycles. The molecule has 0 aromatic heterocycles. The predicted molar refractivity (Wildman–Crippen MR) is 89.3 cm³/mol. The van der Waals surface area contributed by atoms with E-state index < -0.39 is 5.97 Å². The Bertz CT molecular complexity index is 732. The van der Waals surface area contributed by atoms with Crippen LogP contribution in [0, 0.1) is 5.92 Å². The third kappa shape index (κ3) is 3.21. The topological polar surface area (TPSA) is 57.6 Å². The van der Waals surface area contributed by atoms with Crippen molar-refractivity contribution in [1.82, 2.24) is 4.90 Å². The fourth-order valence-electron chi connectivity index (χ4n) is 3.24. The number of hydrogen-bond donors (Lipinski definition) is 1. The standard InChI is InChI=1S/C19H21NO3/c1-13(16-7-6-14-4-2-3-5-17(14)12-16)18(21)20-10-8-15(9-11-20)19(22)23/h2-7,12-13,15H,8-11H2,1H3,(H,22,23). The first kappa shape index (κ1) is 15.5. The number of nitrogens with zero attached hydrogens (tertiary/aromatic N) is 1. The minimum atomic E-state index is -0.750. The van der Waals surface area contributed by atoms with Gasteiger partial charge in [-0.15, -0.1) is 0 Å². The molecule has 1 aliphatic rings. The lowest BCUT2D eigenvalue weighted by Gasteiger charge is -2.32. The molecule has 1 saturated heterocycles. The molecule has 1 fully saturated rings. The second kappa shape index (κ2) is 6.41. The molecule has 0 radical (unpaired) electrons. The van der Waals surface area contributed by atoms with Gasteiger partial charge in [0.1, 0.15) is 0 Å². The van der Waals surface area contributed by atoms with Crippen molar-refractivity contribution < 1.29 is 14.7 Å². The molecule has 4 nitrogen and oxygen atoms in total. The van der Waals surface area contributed by atoms with E-state index in [1.54, 1.807) is 4.90 Å². The molecule has 0 bridgehead atoms. The van der Waals surface area contributed by atoms with Gasteiger partial charge < -0.3 is 10.0 Å². The average molecular weight is 311 g/mol. The van der Waals surface area contributed by atoms with Gasteiger partial charge in [-0.3, -0.25) is 9.59 Å². The van der Waals surface area contributed by atoms with E-state index in [9.17, 15) is 9.59 Å². The molecular formula is C19H21NO3. The van der Waals surface area contributed by atoms with E-state index >= 15 is 0 Å². The highest BCUT2D eigenvalue weighted by Gasteiger charge is 2.29. The minimum Gasteiger partial charge on any atom is -0.481 e. The largest absolute Gasteiger partial charge is 0.481 e. The monoisotopic (exact) mass is 311 g/mol. The van der Waals surface area contributed by atoms with Gasteiger partial charge in [-0.25, -0.2) is 0 Å². The van der Waals surface area contributed by atoms with Gasteiger partial charge in [0, 0.05) is 13.1 Å². The quantitative estimate of drug-likeness (QED) is 0.946. The molecule has 1 unspecified atom stereocenters. The van der Waals surface area contributed by atoms with Crippen LogP contribution in [0.3, 0.4) is 0 Å². The van der Waals surface area contributed by atoms with Crippen LogP contribution in [-0.4, -0.2) is 35.0 Å². The van der Waals surface area contributed by atoms with Gasteiger partial charge in [0.15, 0.2) is 0 Å². The number of carbonyl (C=O) groups is 2. The summed E-state index contributed by atoms with van der Waals surface area (Å²) >= 11 is 0. The summed E-state index contributed by atoms with van der Waals surface area (Å²) in [4.78, 5) is 25.5. The summed E-state index contributed by atoms with van der Waals surface area (Å²) in [6.07, 6.45) is 1.09. The smallest absolute Gasteiger partial charge is 0.306 e. The molecule has 1 N–H and O–H groups in total. The molecule has 23 heavy (non-hydrogen) atoms. The van der Waals surface area contributed by atoms with Gasteiger partial charge >= 0.3 is 5.97 Å². The molecule has 2 aromatic rings. The summed E-state index contributed by atoms with van der Waals surface area (Å²) in [5, 5.41) is 11.3. The number of rotatable bonds is 3. The number of carboxylic acids is 1. The Morgan fingerprint density at radius 2 is 1.74 bits per heavy atom. The van der Waals surface area contributed by atoms with Crippen molar-refractivity contribution in [2.45, 2.75) is 25.7 Å². The fraction of sp³-hybridized carbons (Fsp3) is 0.368. The van der Waals surface area contributed by atoms with Crippen LogP contribution in [0.1, 0.15) is 31.2 Å². The average Bonchev–Trinajstić information content (AvgIpc) is 2.60. The zero-order valence-corrected chi connectivity index (χ0v) is 13.2. The zero-order chi connectivity index (χ0) is 16.4. The molecule has 0 spiro atoms. The van der Waals surface area contributed by atoms with Crippen LogP contribution < -0.4 is 0 Å². The van der Waals surface area contributed by atoms with Crippen molar-refractivity contribution in [3.63, 3.8) is 0 Å². The number of fused-ring (bicyclic) bond motifs is 1. The van der Waals surface area contributed by atoms with Crippen molar-refractivity contribution in [1.29, 1.82) is 0 Å². The van der Waals surface area contributed by atoms with E-state index in [0.29, 0.717) is 25.9 Å². The minimum absolute atomic E-state index is 0.0871. The number of piperidine rings is 1. The second-order valence-electron chi connectivity index (χ2n) is 6.27. The van der Waals surface area contributed by atoms with Crippen LogP contribution in [-0.2, 0) is 9.59 Å². The third-order valence-corrected chi connectivity index (χ3v) is 4.80. The zero-order valence-electron chi connectivity index (χ0n) is 13.2. The number of hydrogen-bond acceptors (Lipinski definition) is 2. The van der Waals surface area contributed by atoms with Crippen LogP contribution >= 0.6 is 0 Å². The van der Waals surface area contributed by atoms with Crippen LogP contribution in [0.4, 0.5) is 0 Å². The molecule has 3 rings (SSSR count). The molecule has 120 valence electrons. The Morgan fingerprint density at radius 3 is 2.39 bits per heavy atom. The van der Waals surface area contributed by atoms with E-state index in [4.69, 9.17) is 5.11 Å². The first-order chi connectivity index (χ1) is 11.1. The summed E-state index contributed by atoms with van der Waals surface area (Å²) in [7, 11) is 0. The summed E-state index contributed by atoms with van der Waals surface area (Å²) in [6, 6.07) is 14.2. The lowest BCUT2D eigenvalue weighted by atomic mass is 9.93. The molecule has 0 aliphatic carbocycles. The van der Waals surface area contributed by atoms with Crippen molar-refractivity contribution in [3.8, 4) is 0 Å². The number of likely N-dealkylation sites (tertiary alicyclic amines) is 1. The molecule has 1 heterocycles. The third-order valence-electron chi connectivity index (χ3n) is 4.80. The number of carboxylic acid groups (broad SMARTS) is 1. The first-order valence-corrected chi connectivity index (χ1v) is 8.06. The molecule has 1 atom stereocenters. The van der Waals surface area contributed by atoms with Gasteiger partial charge in [0.05, 0.1) is 11.8 Å². The van der Waals surface area contributed by atoms with Gasteiger partial charge in [0.2, 0.25) is 5.91 Å². The van der Waals surface area contributed by atoms with Gasteiger partial charge in [0.25, 0.3) is 0 Å². The van der Waals surface area contributed by atoms with E-state index in [1.165, 1.54) is 0 Å². The van der Waals surface area contributed by atoms with Crippen LogP contribution in [0.2, 0.25) is 0 Å². The molecule has 0 saturated carbocycles. The van der Waals surface area contributed by atoms with E-state index in [-0.39, 0.29) is 17.7 Å². The highest BCUT2D eigenvalue weighted by molar-refractivity contribution is 5.87. The SMILES string of the molecule is CC(C(=O)N1CCC(C(=O)O)CC1)c1ccc2ccccc2c1. The predicted octanol–water partition coefficient (Wildman–Crippen LogP) is 3.27. The lowest BCUT2D eigenvalue weighted by molar-refractivity contribution is -0.146. The van der Waals surface area contributed by atoms with Gasteiger partial charge in [-0.1, -0.05) is 42.5 Å². The van der Waals surface area contributed by atoms with Crippen LogP contribution in [0.15, 0.2) is 42.5 Å². The molecule has 2 aromatic carbocycles. The lowest BCUT2D eigenvalue weighted by Crippen LogP contribution is -2.42. The fourth-order valence-corrected chi connectivity index (χ4v) is 3.24. The molecular weight excluding hydrogens is 290 g/mol. The summed E-state index contributed by atoms with van der Waals surface area (Å²) in [5.74, 6) is -1.18. The van der Waals surface area contributed by atoms with Crippen molar-refractivity contribution in [2.24, 2.45) is 5.92 Å². The Morgan fingerprint density at radius 1 is 1.09 bits per heavy atom. The number of aliphatic carboxylic acids is 1. The van der Waals surface area contributed by atoms with E-state index in [0.717, 1.165) is 16.3 Å². The normalized spacial score (nSPS) is 17.2. The maximum absolute atomic E-state index is 12.7. The highest BCUT2D eigenvalue weighted by Crippen LogP contribution is 2.25. The second-order valence-corrected chi connectivity index (χ2v) is 6.27. The maximum Gasteiger partial charge on any atom is 0.306 e.